The van der Waals surface area contributed by atoms with Crippen molar-refractivity contribution >= 4 is 0 Å². The molecule has 0 aliphatic rings. The molecular weight excluding hydrogens is 216 g/mol. The molecule has 0 radical (unpaired) electrons. The fourth-order valence-corrected chi connectivity index (χ4v) is 1.75. The first-order valence-corrected chi connectivity index (χ1v) is 5.76. The lowest BCUT2D eigenvalue weighted by Crippen LogP contribution is -2.27. The van der Waals surface area contributed by atoms with Gasteiger partial charge >= 0.3 is 0 Å². The summed E-state index contributed by atoms with van der Waals surface area (Å²) in [6.45, 7) is 2.82. The normalized spacial score (nSPS) is 10.6. The van der Waals surface area contributed by atoms with Crippen LogP contribution in [0.15, 0.2) is 18.2 Å². The first-order valence-electron chi connectivity index (χ1n) is 5.76. The van der Waals surface area contributed by atoms with Gasteiger partial charge in [0.15, 0.2) is 11.5 Å². The van der Waals surface area contributed by atoms with Gasteiger partial charge in [-0.25, -0.2) is 0 Å². The molecule has 0 spiro atoms. The molecule has 0 fully saturated rings. The van der Waals surface area contributed by atoms with E-state index in [1.165, 1.54) is 0 Å². The van der Waals surface area contributed by atoms with Crippen molar-refractivity contribution in [3.63, 3.8) is 0 Å². The molecule has 0 amide bonds. The largest absolute Gasteiger partial charge is 0.493 e. The third-order valence-corrected chi connectivity index (χ3v) is 2.67. The Morgan fingerprint density at radius 3 is 2.59 bits per heavy atom. The Hall–Kier alpha value is -1.26. The number of ether oxygens (including phenoxy) is 2. The van der Waals surface area contributed by atoms with Crippen molar-refractivity contribution in [2.24, 2.45) is 0 Å². The summed E-state index contributed by atoms with van der Waals surface area (Å²) in [6, 6.07) is 5.97. The van der Waals surface area contributed by atoms with E-state index in [1.807, 2.05) is 19.2 Å². The van der Waals surface area contributed by atoms with Crippen LogP contribution in [-0.2, 0) is 6.54 Å². The smallest absolute Gasteiger partial charge is 0.165 e. The Morgan fingerprint density at radius 1 is 1.24 bits per heavy atom. The van der Waals surface area contributed by atoms with Gasteiger partial charge in [0.1, 0.15) is 0 Å². The number of likely N-dealkylation sites (N-methyl/N-ethyl adjacent to an activating group) is 2. The number of nitrogens with one attached hydrogen (secondary N) is 1. The molecule has 4 nitrogen and oxygen atoms in total. The van der Waals surface area contributed by atoms with Gasteiger partial charge in [-0.2, -0.15) is 0 Å². The van der Waals surface area contributed by atoms with Crippen molar-refractivity contribution in [2.45, 2.75) is 6.54 Å². The van der Waals surface area contributed by atoms with Crippen molar-refractivity contribution in [1.29, 1.82) is 0 Å². The van der Waals surface area contributed by atoms with Gasteiger partial charge in [-0.1, -0.05) is 12.1 Å². The van der Waals surface area contributed by atoms with Gasteiger partial charge in [0, 0.05) is 25.2 Å². The van der Waals surface area contributed by atoms with E-state index >= 15 is 0 Å². The molecule has 1 N–H and O–H groups in total. The number of hydrogen-bond acceptors (Lipinski definition) is 4. The molecule has 0 atom stereocenters. The molecule has 0 bridgehead atoms. The molecule has 0 saturated heterocycles. The summed E-state index contributed by atoms with van der Waals surface area (Å²) < 4.78 is 10.7. The Kier molecular flexibility index (Phi) is 5.80. The van der Waals surface area contributed by atoms with E-state index < -0.39 is 0 Å². The number of nitrogens with zero attached hydrogens (tertiary/aromatic N) is 1. The summed E-state index contributed by atoms with van der Waals surface area (Å²) in [7, 11) is 7.39. The molecule has 0 aliphatic heterocycles. The van der Waals surface area contributed by atoms with Crippen LogP contribution in [0.4, 0.5) is 0 Å². The Balaban J connectivity index is 2.75. The minimum absolute atomic E-state index is 0.784. The molecule has 17 heavy (non-hydrogen) atoms. The maximum atomic E-state index is 5.41. The van der Waals surface area contributed by atoms with Gasteiger partial charge in [-0.15, -0.1) is 0 Å². The summed E-state index contributed by atoms with van der Waals surface area (Å²) in [6.07, 6.45) is 0. The second-order valence-electron chi connectivity index (χ2n) is 3.99. The summed E-state index contributed by atoms with van der Waals surface area (Å²) in [5.74, 6) is 1.61. The predicted octanol–water partition coefficient (Wildman–Crippen LogP) is 1.35. The van der Waals surface area contributed by atoms with E-state index in [2.05, 4.69) is 23.3 Å². The van der Waals surface area contributed by atoms with E-state index in [0.717, 1.165) is 36.7 Å². The van der Waals surface area contributed by atoms with Gasteiger partial charge in [0.05, 0.1) is 14.2 Å². The average molecular weight is 238 g/mol. The SMILES string of the molecule is CNCCN(C)Cc1cccc(OC)c1OC. The molecule has 1 aromatic carbocycles. The monoisotopic (exact) mass is 238 g/mol. The van der Waals surface area contributed by atoms with E-state index in [-0.39, 0.29) is 0 Å². The molecule has 1 aromatic rings. The average Bonchev–Trinajstić information content (AvgIpc) is 2.35. The lowest BCUT2D eigenvalue weighted by Gasteiger charge is -2.19. The number of para-hydroxylation sites is 1. The van der Waals surface area contributed by atoms with Crippen molar-refractivity contribution in [3.8, 4) is 11.5 Å². The number of benzene rings is 1. The Morgan fingerprint density at radius 2 is 2.00 bits per heavy atom. The van der Waals surface area contributed by atoms with E-state index in [1.54, 1.807) is 14.2 Å². The molecule has 0 unspecified atom stereocenters. The third-order valence-electron chi connectivity index (χ3n) is 2.67. The van der Waals surface area contributed by atoms with E-state index in [4.69, 9.17) is 9.47 Å². The molecule has 0 saturated carbocycles. The first-order chi connectivity index (χ1) is 8.22. The standard InChI is InChI=1S/C13H22N2O2/c1-14-8-9-15(2)10-11-6-5-7-12(16-3)13(11)17-4/h5-7,14H,8-10H2,1-4H3. The quantitative estimate of drug-likeness (QED) is 0.777. The molecular formula is C13H22N2O2. The van der Waals surface area contributed by atoms with Crippen LogP contribution in [0.25, 0.3) is 0 Å². The van der Waals surface area contributed by atoms with Crippen LogP contribution in [-0.4, -0.2) is 46.3 Å². The van der Waals surface area contributed by atoms with Crippen molar-refractivity contribution in [3.05, 3.63) is 23.8 Å². The number of methoxy groups -OCH3 is 2. The lowest BCUT2D eigenvalue weighted by molar-refractivity contribution is 0.310. The summed E-state index contributed by atoms with van der Waals surface area (Å²) in [5, 5.41) is 3.14. The van der Waals surface area contributed by atoms with Crippen LogP contribution in [0, 0.1) is 0 Å². The van der Waals surface area contributed by atoms with Crippen molar-refractivity contribution in [2.75, 3.05) is 41.4 Å². The Labute approximate surface area is 104 Å². The van der Waals surface area contributed by atoms with Crippen molar-refractivity contribution in [1.82, 2.24) is 10.2 Å². The molecule has 4 heteroatoms. The summed E-state index contributed by atoms with van der Waals surface area (Å²) >= 11 is 0. The zero-order valence-electron chi connectivity index (χ0n) is 11.1. The van der Waals surface area contributed by atoms with Gasteiger partial charge in [0.2, 0.25) is 0 Å². The zero-order valence-corrected chi connectivity index (χ0v) is 11.1. The molecule has 1 rings (SSSR count). The van der Waals surface area contributed by atoms with Gasteiger partial charge in [-0.3, -0.25) is 0 Å². The van der Waals surface area contributed by atoms with E-state index in [9.17, 15) is 0 Å². The first kappa shape index (κ1) is 13.8. The highest BCUT2D eigenvalue weighted by Gasteiger charge is 2.10. The van der Waals surface area contributed by atoms with E-state index in [0.29, 0.717) is 0 Å². The second-order valence-corrected chi connectivity index (χ2v) is 3.99. The summed E-state index contributed by atoms with van der Waals surface area (Å²) in [4.78, 5) is 2.24. The van der Waals surface area contributed by atoms with Gasteiger partial charge < -0.3 is 19.7 Å². The molecule has 0 aromatic heterocycles. The van der Waals surface area contributed by atoms with Crippen LogP contribution in [0.3, 0.4) is 0 Å². The topological polar surface area (TPSA) is 33.7 Å². The summed E-state index contributed by atoms with van der Waals surface area (Å²) in [5.41, 5.74) is 1.14. The molecule has 0 aliphatic carbocycles. The van der Waals surface area contributed by atoms with Gasteiger partial charge in [-0.05, 0) is 20.2 Å². The lowest BCUT2D eigenvalue weighted by atomic mass is 10.1. The van der Waals surface area contributed by atoms with Crippen LogP contribution in [0.1, 0.15) is 5.56 Å². The maximum absolute atomic E-state index is 5.41. The minimum atomic E-state index is 0.784. The van der Waals surface area contributed by atoms with Gasteiger partial charge in [0.25, 0.3) is 0 Å². The van der Waals surface area contributed by atoms with Crippen LogP contribution in [0.2, 0.25) is 0 Å². The van der Waals surface area contributed by atoms with Crippen LogP contribution < -0.4 is 14.8 Å². The van der Waals surface area contributed by atoms with Crippen molar-refractivity contribution < 1.29 is 9.47 Å². The predicted molar refractivity (Wildman–Crippen MR) is 69.8 cm³/mol. The second kappa shape index (κ2) is 7.14. The highest BCUT2D eigenvalue weighted by Crippen LogP contribution is 2.31. The maximum Gasteiger partial charge on any atom is 0.165 e. The fourth-order valence-electron chi connectivity index (χ4n) is 1.75. The number of rotatable bonds is 7. The third kappa shape index (κ3) is 3.91. The van der Waals surface area contributed by atoms with Crippen LogP contribution in [0.5, 0.6) is 11.5 Å². The highest BCUT2D eigenvalue weighted by atomic mass is 16.5. The number of hydrogen-bond donors (Lipinski definition) is 1. The highest BCUT2D eigenvalue weighted by molar-refractivity contribution is 5.46. The molecule has 96 valence electrons. The molecule has 0 heterocycles. The Bertz CT molecular complexity index is 342. The van der Waals surface area contributed by atoms with Crippen LogP contribution >= 0.6 is 0 Å². The fraction of sp³-hybridized carbons (Fsp3) is 0.538. The zero-order chi connectivity index (χ0) is 12.7. The minimum Gasteiger partial charge on any atom is -0.493 e.